The van der Waals surface area contributed by atoms with Gasteiger partial charge in [0.25, 0.3) is 0 Å². The summed E-state index contributed by atoms with van der Waals surface area (Å²) in [4.78, 5) is 0. The second kappa shape index (κ2) is 5.68. The van der Waals surface area contributed by atoms with E-state index in [4.69, 9.17) is 5.73 Å². The lowest BCUT2D eigenvalue weighted by Gasteiger charge is -2.14. The van der Waals surface area contributed by atoms with Gasteiger partial charge in [0.05, 0.1) is 0 Å². The monoisotopic (exact) mass is 303 g/mol. The van der Waals surface area contributed by atoms with Crippen molar-refractivity contribution in [2.24, 2.45) is 5.73 Å². The molecular formula is C16H18BrN. The van der Waals surface area contributed by atoms with Crippen molar-refractivity contribution < 1.29 is 0 Å². The Morgan fingerprint density at radius 3 is 2.28 bits per heavy atom. The molecule has 2 rings (SSSR count). The van der Waals surface area contributed by atoms with Crippen LogP contribution in [-0.4, -0.2) is 0 Å². The molecule has 2 heteroatoms. The molecule has 1 atom stereocenters. The second-order valence-electron chi connectivity index (χ2n) is 4.83. The molecule has 0 aliphatic heterocycles. The number of hydrogen-bond acceptors (Lipinski definition) is 1. The minimum atomic E-state index is 0.0294. The number of hydrogen-bond donors (Lipinski definition) is 1. The summed E-state index contributed by atoms with van der Waals surface area (Å²) >= 11 is 3.56. The topological polar surface area (TPSA) is 26.0 Å². The maximum absolute atomic E-state index is 6.30. The predicted molar refractivity (Wildman–Crippen MR) is 80.7 cm³/mol. The van der Waals surface area contributed by atoms with E-state index in [9.17, 15) is 0 Å². The molecule has 0 fully saturated rings. The molecule has 0 radical (unpaired) electrons. The highest BCUT2D eigenvalue weighted by Crippen LogP contribution is 2.24. The third-order valence-corrected chi connectivity index (χ3v) is 3.76. The van der Waals surface area contributed by atoms with Crippen LogP contribution in [-0.2, 0) is 6.42 Å². The van der Waals surface area contributed by atoms with E-state index in [1.54, 1.807) is 0 Å². The van der Waals surface area contributed by atoms with Gasteiger partial charge in [-0.1, -0.05) is 63.5 Å². The molecule has 0 aromatic heterocycles. The third kappa shape index (κ3) is 3.21. The summed E-state index contributed by atoms with van der Waals surface area (Å²) in [5.41, 5.74) is 11.4. The van der Waals surface area contributed by atoms with E-state index in [0.717, 1.165) is 16.5 Å². The quantitative estimate of drug-likeness (QED) is 0.898. The smallest absolute Gasteiger partial charge is 0.0347 e. The summed E-state index contributed by atoms with van der Waals surface area (Å²) in [5, 5.41) is 0. The van der Waals surface area contributed by atoms with Crippen molar-refractivity contribution in [3.8, 4) is 0 Å². The Kier molecular flexibility index (Phi) is 4.20. The lowest BCUT2D eigenvalue weighted by molar-refractivity contribution is 0.717. The van der Waals surface area contributed by atoms with Gasteiger partial charge in [-0.3, -0.25) is 0 Å². The van der Waals surface area contributed by atoms with Crippen LogP contribution >= 0.6 is 15.9 Å². The van der Waals surface area contributed by atoms with Crippen LogP contribution in [0.25, 0.3) is 0 Å². The molecule has 0 amide bonds. The Labute approximate surface area is 117 Å². The minimum absolute atomic E-state index is 0.0294. The van der Waals surface area contributed by atoms with Crippen molar-refractivity contribution in [2.45, 2.75) is 26.3 Å². The van der Waals surface area contributed by atoms with Crippen molar-refractivity contribution in [1.29, 1.82) is 0 Å². The summed E-state index contributed by atoms with van der Waals surface area (Å²) in [6.45, 7) is 4.25. The fourth-order valence-electron chi connectivity index (χ4n) is 2.33. The lowest BCUT2D eigenvalue weighted by Crippen LogP contribution is -2.14. The molecule has 0 saturated carbocycles. The first-order valence-electron chi connectivity index (χ1n) is 6.13. The van der Waals surface area contributed by atoms with Crippen molar-refractivity contribution in [3.05, 3.63) is 69.2 Å². The molecule has 2 N–H and O–H groups in total. The second-order valence-corrected chi connectivity index (χ2v) is 5.68. The average molecular weight is 304 g/mol. The summed E-state index contributed by atoms with van der Waals surface area (Å²) in [6.07, 6.45) is 0.866. The standard InChI is InChI=1S/C16H18BrN/c1-11-7-12(2)9-13(8-11)10-16(18)14-5-3-4-6-15(14)17/h3-9,16H,10,18H2,1-2H3. The summed E-state index contributed by atoms with van der Waals surface area (Å²) < 4.78 is 1.09. The summed E-state index contributed by atoms with van der Waals surface area (Å²) in [7, 11) is 0. The van der Waals surface area contributed by atoms with Gasteiger partial charge in [0, 0.05) is 10.5 Å². The van der Waals surface area contributed by atoms with Crippen LogP contribution in [0.5, 0.6) is 0 Å². The van der Waals surface area contributed by atoms with Gasteiger partial charge < -0.3 is 5.73 Å². The number of rotatable bonds is 3. The minimum Gasteiger partial charge on any atom is -0.324 e. The molecule has 0 saturated heterocycles. The molecule has 0 aliphatic rings. The Morgan fingerprint density at radius 2 is 1.67 bits per heavy atom. The van der Waals surface area contributed by atoms with Crippen molar-refractivity contribution in [2.75, 3.05) is 0 Å². The van der Waals surface area contributed by atoms with E-state index < -0.39 is 0 Å². The van der Waals surface area contributed by atoms with Crippen LogP contribution in [0.15, 0.2) is 46.9 Å². The van der Waals surface area contributed by atoms with Gasteiger partial charge >= 0.3 is 0 Å². The number of benzene rings is 2. The maximum atomic E-state index is 6.30. The fourth-order valence-corrected chi connectivity index (χ4v) is 2.91. The Bertz CT molecular complexity index is 528. The van der Waals surface area contributed by atoms with E-state index in [2.05, 4.69) is 54.0 Å². The Morgan fingerprint density at radius 1 is 1.06 bits per heavy atom. The number of nitrogens with two attached hydrogens (primary N) is 1. The van der Waals surface area contributed by atoms with Crippen molar-refractivity contribution in [1.82, 2.24) is 0 Å². The normalized spacial score (nSPS) is 12.4. The summed E-state index contributed by atoms with van der Waals surface area (Å²) in [5.74, 6) is 0. The zero-order valence-electron chi connectivity index (χ0n) is 10.8. The summed E-state index contributed by atoms with van der Waals surface area (Å²) in [6, 6.07) is 14.8. The van der Waals surface area contributed by atoms with Gasteiger partial charge in [-0.05, 0) is 37.5 Å². The van der Waals surface area contributed by atoms with Gasteiger partial charge in [0.1, 0.15) is 0 Å². The molecule has 1 unspecified atom stereocenters. The molecular weight excluding hydrogens is 286 g/mol. The average Bonchev–Trinajstić information content (AvgIpc) is 2.27. The van der Waals surface area contributed by atoms with Crippen LogP contribution in [0.1, 0.15) is 28.3 Å². The van der Waals surface area contributed by atoms with Crippen molar-refractivity contribution in [3.63, 3.8) is 0 Å². The third-order valence-electron chi connectivity index (χ3n) is 3.04. The van der Waals surface area contributed by atoms with Gasteiger partial charge in [-0.2, -0.15) is 0 Å². The van der Waals surface area contributed by atoms with Crippen LogP contribution in [0, 0.1) is 13.8 Å². The zero-order valence-corrected chi connectivity index (χ0v) is 12.4. The first-order valence-corrected chi connectivity index (χ1v) is 6.93. The first kappa shape index (κ1) is 13.3. The predicted octanol–water partition coefficient (Wildman–Crippen LogP) is 4.31. The molecule has 0 aliphatic carbocycles. The zero-order chi connectivity index (χ0) is 13.1. The number of halogens is 1. The van der Waals surface area contributed by atoms with E-state index in [1.165, 1.54) is 16.7 Å². The molecule has 94 valence electrons. The van der Waals surface area contributed by atoms with Crippen LogP contribution in [0.4, 0.5) is 0 Å². The van der Waals surface area contributed by atoms with Crippen LogP contribution < -0.4 is 5.73 Å². The Hall–Kier alpha value is -1.12. The van der Waals surface area contributed by atoms with Gasteiger partial charge in [0.2, 0.25) is 0 Å². The van der Waals surface area contributed by atoms with Gasteiger partial charge in [-0.15, -0.1) is 0 Å². The highest BCUT2D eigenvalue weighted by molar-refractivity contribution is 9.10. The van der Waals surface area contributed by atoms with Crippen LogP contribution in [0.2, 0.25) is 0 Å². The number of aryl methyl sites for hydroxylation is 2. The largest absolute Gasteiger partial charge is 0.324 e. The van der Waals surface area contributed by atoms with E-state index >= 15 is 0 Å². The molecule has 2 aromatic carbocycles. The molecule has 0 bridgehead atoms. The van der Waals surface area contributed by atoms with E-state index in [1.807, 2.05) is 18.2 Å². The first-order chi connectivity index (χ1) is 8.56. The SMILES string of the molecule is Cc1cc(C)cc(CC(N)c2ccccc2Br)c1. The molecule has 0 spiro atoms. The fraction of sp³-hybridized carbons (Fsp3) is 0.250. The van der Waals surface area contributed by atoms with E-state index in [0.29, 0.717) is 0 Å². The Balaban J connectivity index is 2.21. The molecule has 18 heavy (non-hydrogen) atoms. The maximum Gasteiger partial charge on any atom is 0.0347 e. The highest BCUT2D eigenvalue weighted by atomic mass is 79.9. The lowest BCUT2D eigenvalue weighted by atomic mass is 9.97. The molecule has 1 nitrogen and oxygen atoms in total. The molecule has 0 heterocycles. The highest BCUT2D eigenvalue weighted by Gasteiger charge is 2.10. The molecule has 2 aromatic rings. The van der Waals surface area contributed by atoms with Crippen molar-refractivity contribution >= 4 is 15.9 Å². The van der Waals surface area contributed by atoms with Crippen LogP contribution in [0.3, 0.4) is 0 Å². The van der Waals surface area contributed by atoms with E-state index in [-0.39, 0.29) is 6.04 Å². The van der Waals surface area contributed by atoms with Gasteiger partial charge in [0.15, 0.2) is 0 Å². The van der Waals surface area contributed by atoms with Gasteiger partial charge in [-0.25, -0.2) is 0 Å².